The Kier molecular flexibility index (Phi) is 4.19. The summed E-state index contributed by atoms with van der Waals surface area (Å²) in [5, 5.41) is 3.09. The van der Waals surface area contributed by atoms with E-state index >= 15 is 0 Å². The van der Waals surface area contributed by atoms with Crippen LogP contribution in [0.25, 0.3) is 0 Å². The van der Waals surface area contributed by atoms with E-state index in [4.69, 9.17) is 0 Å². The van der Waals surface area contributed by atoms with Gasteiger partial charge in [-0.3, -0.25) is 4.90 Å². The molecule has 1 atom stereocenters. The summed E-state index contributed by atoms with van der Waals surface area (Å²) < 4.78 is 52.7. The Hall–Kier alpha value is -1.14. The van der Waals surface area contributed by atoms with Gasteiger partial charge in [-0.25, -0.2) is 17.6 Å². The predicted octanol–water partition coefficient (Wildman–Crippen LogP) is 2.02. The summed E-state index contributed by atoms with van der Waals surface area (Å²) in [6.45, 7) is 1.60. The van der Waals surface area contributed by atoms with Crippen molar-refractivity contribution in [2.75, 3.05) is 32.9 Å². The first-order valence-corrected chi connectivity index (χ1v) is 5.79. The average Bonchev–Trinajstić information content (AvgIpc) is 2.41. The first-order valence-electron chi connectivity index (χ1n) is 5.79. The molecular weight excluding hydrogens is 248 g/mol. The van der Waals surface area contributed by atoms with Gasteiger partial charge >= 0.3 is 0 Å². The maximum Gasteiger partial charge on any atom is 0.194 e. The van der Waals surface area contributed by atoms with Gasteiger partial charge in [0.05, 0.1) is 6.04 Å². The highest BCUT2D eigenvalue weighted by molar-refractivity contribution is 5.24. The summed E-state index contributed by atoms with van der Waals surface area (Å²) in [5.74, 6) is -4.09. The van der Waals surface area contributed by atoms with Gasteiger partial charge in [0.15, 0.2) is 17.5 Å². The highest BCUT2D eigenvalue weighted by atomic mass is 19.2. The molecule has 0 bridgehead atoms. The Morgan fingerprint density at radius 1 is 1.11 bits per heavy atom. The number of benzene rings is 1. The fourth-order valence-corrected chi connectivity index (χ4v) is 2.17. The van der Waals surface area contributed by atoms with Crippen molar-refractivity contribution in [3.63, 3.8) is 0 Å². The van der Waals surface area contributed by atoms with Crippen LogP contribution in [0.4, 0.5) is 17.6 Å². The van der Waals surface area contributed by atoms with Crippen LogP contribution in [0, 0.1) is 17.5 Å². The van der Waals surface area contributed by atoms with Gasteiger partial charge in [0.25, 0.3) is 0 Å². The molecule has 1 aliphatic heterocycles. The van der Waals surface area contributed by atoms with Gasteiger partial charge < -0.3 is 5.32 Å². The molecule has 1 aliphatic rings. The van der Waals surface area contributed by atoms with Crippen molar-refractivity contribution >= 4 is 0 Å². The van der Waals surface area contributed by atoms with E-state index in [1.165, 1.54) is 0 Å². The average molecular weight is 262 g/mol. The molecule has 1 saturated heterocycles. The first kappa shape index (κ1) is 13.3. The third-order valence-corrected chi connectivity index (χ3v) is 3.16. The summed E-state index contributed by atoms with van der Waals surface area (Å²) >= 11 is 0. The Morgan fingerprint density at radius 3 is 2.39 bits per heavy atom. The predicted molar refractivity (Wildman–Crippen MR) is 59.5 cm³/mol. The van der Waals surface area contributed by atoms with Crippen LogP contribution in [0.5, 0.6) is 0 Å². The number of halogens is 4. The van der Waals surface area contributed by atoms with Gasteiger partial charge in [-0.05, 0) is 6.07 Å². The van der Waals surface area contributed by atoms with E-state index in [0.717, 1.165) is 12.1 Å². The lowest BCUT2D eigenvalue weighted by Gasteiger charge is -2.33. The number of nitrogens with zero attached hydrogens (tertiary/aromatic N) is 1. The molecule has 1 N–H and O–H groups in total. The molecule has 6 heteroatoms. The van der Waals surface area contributed by atoms with Crippen LogP contribution >= 0.6 is 0 Å². The van der Waals surface area contributed by atoms with Crippen molar-refractivity contribution < 1.29 is 17.6 Å². The molecule has 0 unspecified atom stereocenters. The second-order valence-corrected chi connectivity index (χ2v) is 4.22. The number of rotatable bonds is 3. The van der Waals surface area contributed by atoms with Gasteiger partial charge in [0.2, 0.25) is 0 Å². The number of piperazine rings is 1. The normalized spacial score (nSPS) is 18.9. The fourth-order valence-electron chi connectivity index (χ4n) is 2.17. The summed E-state index contributed by atoms with van der Waals surface area (Å²) in [7, 11) is 0. The zero-order valence-corrected chi connectivity index (χ0v) is 9.73. The van der Waals surface area contributed by atoms with Crippen molar-refractivity contribution in [3.8, 4) is 0 Å². The number of nitrogens with one attached hydrogen (secondary N) is 1. The minimum Gasteiger partial charge on any atom is -0.314 e. The molecule has 0 aliphatic carbocycles. The van der Waals surface area contributed by atoms with Gasteiger partial charge in [0, 0.05) is 31.7 Å². The smallest absolute Gasteiger partial charge is 0.194 e. The van der Waals surface area contributed by atoms with Gasteiger partial charge in [-0.1, -0.05) is 6.07 Å². The second kappa shape index (κ2) is 5.67. The van der Waals surface area contributed by atoms with E-state index in [1.807, 2.05) is 0 Å². The second-order valence-electron chi connectivity index (χ2n) is 4.22. The zero-order valence-electron chi connectivity index (χ0n) is 9.73. The van der Waals surface area contributed by atoms with E-state index in [0.29, 0.717) is 26.2 Å². The van der Waals surface area contributed by atoms with Crippen LogP contribution in [0.1, 0.15) is 11.6 Å². The molecule has 18 heavy (non-hydrogen) atoms. The van der Waals surface area contributed by atoms with E-state index in [-0.39, 0.29) is 5.56 Å². The summed E-state index contributed by atoms with van der Waals surface area (Å²) in [6, 6.07) is 1.08. The van der Waals surface area contributed by atoms with Gasteiger partial charge in [-0.15, -0.1) is 0 Å². The van der Waals surface area contributed by atoms with E-state index in [2.05, 4.69) is 5.32 Å². The van der Waals surface area contributed by atoms with E-state index in [1.54, 1.807) is 4.90 Å². The molecule has 1 aromatic rings. The van der Waals surface area contributed by atoms with Gasteiger partial charge in [0.1, 0.15) is 6.67 Å². The molecule has 0 saturated carbocycles. The lowest BCUT2D eigenvalue weighted by molar-refractivity contribution is 0.143. The highest BCUT2D eigenvalue weighted by Crippen LogP contribution is 2.26. The molecular formula is C12H14F4N2. The Bertz CT molecular complexity index is 419. The monoisotopic (exact) mass is 262 g/mol. The summed E-state index contributed by atoms with van der Waals surface area (Å²) in [5.41, 5.74) is -0.127. The maximum absolute atomic E-state index is 13.6. The SMILES string of the molecule is FC[C@H](c1ccc(F)c(F)c1F)N1CCNCC1. The molecule has 0 amide bonds. The standard InChI is InChI=1S/C12H14F4N2/c13-7-10(18-5-3-17-4-6-18)8-1-2-9(14)12(16)11(8)15/h1-2,10,17H,3-7H2/t10-/m1/s1. The lowest BCUT2D eigenvalue weighted by Crippen LogP contribution is -2.46. The van der Waals surface area contributed by atoms with Gasteiger partial charge in [-0.2, -0.15) is 0 Å². The molecule has 100 valence electrons. The summed E-state index contributed by atoms with van der Waals surface area (Å²) in [6.07, 6.45) is 0. The molecule has 1 fully saturated rings. The molecule has 2 rings (SSSR count). The maximum atomic E-state index is 13.6. The van der Waals surface area contributed by atoms with Crippen LogP contribution in [-0.2, 0) is 0 Å². The zero-order chi connectivity index (χ0) is 13.1. The van der Waals surface area contributed by atoms with Crippen LogP contribution in [0.15, 0.2) is 12.1 Å². The van der Waals surface area contributed by atoms with E-state index < -0.39 is 30.2 Å². The fraction of sp³-hybridized carbons (Fsp3) is 0.500. The Morgan fingerprint density at radius 2 is 1.78 bits per heavy atom. The Labute approximate surface area is 103 Å². The van der Waals surface area contributed by atoms with E-state index in [9.17, 15) is 17.6 Å². The molecule has 1 aromatic carbocycles. The van der Waals surface area contributed by atoms with Crippen LogP contribution in [0.3, 0.4) is 0 Å². The number of alkyl halides is 1. The quantitative estimate of drug-likeness (QED) is 0.662. The van der Waals surface area contributed by atoms with Crippen LogP contribution in [0.2, 0.25) is 0 Å². The minimum atomic E-state index is -1.54. The van der Waals surface area contributed by atoms with Crippen molar-refractivity contribution in [3.05, 3.63) is 35.1 Å². The Balaban J connectivity index is 2.29. The molecule has 1 heterocycles. The highest BCUT2D eigenvalue weighted by Gasteiger charge is 2.26. The van der Waals surface area contributed by atoms with Crippen molar-refractivity contribution in [2.45, 2.75) is 6.04 Å². The molecule has 0 radical (unpaired) electrons. The molecule has 2 nitrogen and oxygen atoms in total. The summed E-state index contributed by atoms with van der Waals surface area (Å²) in [4.78, 5) is 1.73. The van der Waals surface area contributed by atoms with Crippen molar-refractivity contribution in [1.82, 2.24) is 10.2 Å². The van der Waals surface area contributed by atoms with Crippen molar-refractivity contribution in [2.24, 2.45) is 0 Å². The molecule has 0 aromatic heterocycles. The van der Waals surface area contributed by atoms with Crippen LogP contribution in [-0.4, -0.2) is 37.8 Å². The lowest BCUT2D eigenvalue weighted by atomic mass is 10.0. The number of hydrogen-bond donors (Lipinski definition) is 1. The molecule has 0 spiro atoms. The van der Waals surface area contributed by atoms with Crippen LogP contribution < -0.4 is 5.32 Å². The number of hydrogen-bond acceptors (Lipinski definition) is 2. The first-order chi connectivity index (χ1) is 8.65. The topological polar surface area (TPSA) is 15.3 Å². The minimum absolute atomic E-state index is 0.127. The van der Waals surface area contributed by atoms with Crippen molar-refractivity contribution in [1.29, 1.82) is 0 Å². The largest absolute Gasteiger partial charge is 0.314 e. The third-order valence-electron chi connectivity index (χ3n) is 3.16. The third kappa shape index (κ3) is 2.49.